The van der Waals surface area contributed by atoms with Gasteiger partial charge in [0.25, 0.3) is 0 Å². The van der Waals surface area contributed by atoms with E-state index in [1.807, 2.05) is 4.90 Å². The van der Waals surface area contributed by atoms with E-state index in [0.29, 0.717) is 32.3 Å². The van der Waals surface area contributed by atoms with Crippen LogP contribution in [0, 0.1) is 0 Å². The third kappa shape index (κ3) is 4.13. The standard InChI is InChI=1S/C19H22F3N5OS/c1-2-29-18(3-4-18)15-10-14(25-17(26-15)27-5-7-28-8-6-27)12-11-24-16(23)9-13(12)19(20,21)22/h9-11H,2-8H2,1H3,(H2,23,24). The number of halogens is 3. The molecule has 2 aliphatic rings. The van der Waals surface area contributed by atoms with E-state index in [1.54, 1.807) is 17.8 Å². The SMILES string of the molecule is CCSC1(c2cc(-c3cnc(N)cc3C(F)(F)F)nc(N3CCOCC3)n2)CC1. The fourth-order valence-corrected chi connectivity index (χ4v) is 4.68. The van der Waals surface area contributed by atoms with Crippen molar-refractivity contribution in [1.82, 2.24) is 15.0 Å². The summed E-state index contributed by atoms with van der Waals surface area (Å²) in [6.45, 7) is 4.34. The number of aromatic nitrogens is 3. The molecule has 29 heavy (non-hydrogen) atoms. The number of nitrogens with two attached hydrogens (primary N) is 1. The van der Waals surface area contributed by atoms with Gasteiger partial charge in [-0.25, -0.2) is 15.0 Å². The van der Waals surface area contributed by atoms with Gasteiger partial charge in [-0.2, -0.15) is 13.2 Å². The van der Waals surface area contributed by atoms with Crippen molar-refractivity contribution in [2.75, 3.05) is 42.7 Å². The average molecular weight is 425 g/mol. The van der Waals surface area contributed by atoms with Gasteiger partial charge in [0.1, 0.15) is 5.82 Å². The number of anilines is 2. The fourth-order valence-electron chi connectivity index (χ4n) is 3.49. The number of nitrogens with zero attached hydrogens (tertiary/aromatic N) is 4. The molecule has 0 unspecified atom stereocenters. The third-order valence-electron chi connectivity index (χ3n) is 5.11. The first-order valence-corrected chi connectivity index (χ1v) is 10.5. The molecule has 1 saturated heterocycles. The lowest BCUT2D eigenvalue weighted by molar-refractivity contribution is -0.137. The Labute approximate surface area is 171 Å². The zero-order chi connectivity index (χ0) is 20.6. The van der Waals surface area contributed by atoms with Gasteiger partial charge in [0.15, 0.2) is 0 Å². The number of nitrogen functional groups attached to an aromatic ring is 1. The van der Waals surface area contributed by atoms with Crippen molar-refractivity contribution >= 4 is 23.5 Å². The molecule has 10 heteroatoms. The maximum absolute atomic E-state index is 13.7. The Kier molecular flexibility index (Phi) is 5.32. The minimum atomic E-state index is -4.56. The average Bonchev–Trinajstić information content (AvgIpc) is 3.49. The predicted octanol–water partition coefficient (Wildman–Crippen LogP) is 3.72. The molecular formula is C19H22F3N5OS. The lowest BCUT2D eigenvalue weighted by Gasteiger charge is -2.28. The van der Waals surface area contributed by atoms with Crippen LogP contribution in [0.25, 0.3) is 11.3 Å². The summed E-state index contributed by atoms with van der Waals surface area (Å²) in [5, 5.41) is 0. The van der Waals surface area contributed by atoms with Crippen molar-refractivity contribution in [3.8, 4) is 11.3 Å². The number of thioether (sulfide) groups is 1. The van der Waals surface area contributed by atoms with Crippen LogP contribution in [-0.4, -0.2) is 47.0 Å². The molecule has 1 saturated carbocycles. The first-order valence-electron chi connectivity index (χ1n) is 9.52. The quantitative estimate of drug-likeness (QED) is 0.782. The highest BCUT2D eigenvalue weighted by Gasteiger charge is 2.46. The second-order valence-corrected chi connectivity index (χ2v) is 8.77. The molecule has 0 spiro atoms. The molecule has 0 aromatic carbocycles. The van der Waals surface area contributed by atoms with E-state index >= 15 is 0 Å². The summed E-state index contributed by atoms with van der Waals surface area (Å²) in [7, 11) is 0. The highest BCUT2D eigenvalue weighted by molar-refractivity contribution is 8.00. The van der Waals surface area contributed by atoms with Gasteiger partial charge in [-0.15, -0.1) is 11.8 Å². The first kappa shape index (κ1) is 20.2. The molecule has 2 N–H and O–H groups in total. The van der Waals surface area contributed by atoms with Crippen molar-refractivity contribution in [3.63, 3.8) is 0 Å². The summed E-state index contributed by atoms with van der Waals surface area (Å²) in [6.07, 6.45) is -1.50. The summed E-state index contributed by atoms with van der Waals surface area (Å²) in [4.78, 5) is 15.1. The Balaban J connectivity index is 1.85. The van der Waals surface area contributed by atoms with Gasteiger partial charge < -0.3 is 15.4 Å². The van der Waals surface area contributed by atoms with Crippen molar-refractivity contribution in [2.45, 2.75) is 30.7 Å². The van der Waals surface area contributed by atoms with Crippen molar-refractivity contribution < 1.29 is 17.9 Å². The summed E-state index contributed by atoms with van der Waals surface area (Å²) in [5.41, 5.74) is 5.61. The second-order valence-electron chi connectivity index (χ2n) is 7.12. The highest BCUT2D eigenvalue weighted by atomic mass is 32.2. The number of pyridine rings is 1. The van der Waals surface area contributed by atoms with Crippen molar-refractivity contribution in [1.29, 1.82) is 0 Å². The van der Waals surface area contributed by atoms with E-state index in [0.717, 1.165) is 36.6 Å². The summed E-state index contributed by atoms with van der Waals surface area (Å²) >= 11 is 1.78. The molecule has 2 aromatic rings. The first-order chi connectivity index (χ1) is 13.8. The zero-order valence-corrected chi connectivity index (χ0v) is 16.8. The Bertz CT molecular complexity index is 898. The fraction of sp³-hybridized carbons (Fsp3) is 0.526. The van der Waals surface area contributed by atoms with Gasteiger partial charge in [-0.05, 0) is 30.7 Å². The molecule has 1 aliphatic carbocycles. The van der Waals surface area contributed by atoms with Crippen LogP contribution in [0.4, 0.5) is 24.9 Å². The highest BCUT2D eigenvalue weighted by Crippen LogP contribution is 2.57. The minimum absolute atomic E-state index is 0.0813. The van der Waals surface area contributed by atoms with Gasteiger partial charge in [-0.1, -0.05) is 6.92 Å². The molecule has 2 aromatic heterocycles. The van der Waals surface area contributed by atoms with E-state index in [9.17, 15) is 13.2 Å². The van der Waals surface area contributed by atoms with Gasteiger partial charge >= 0.3 is 6.18 Å². The van der Waals surface area contributed by atoms with E-state index in [1.165, 1.54) is 0 Å². The van der Waals surface area contributed by atoms with Crippen LogP contribution in [0.15, 0.2) is 18.3 Å². The van der Waals surface area contributed by atoms with Crippen molar-refractivity contribution in [3.05, 3.63) is 29.6 Å². The van der Waals surface area contributed by atoms with Crippen LogP contribution in [0.3, 0.4) is 0 Å². The molecular weight excluding hydrogens is 403 g/mol. The van der Waals surface area contributed by atoms with E-state index in [2.05, 4.69) is 16.9 Å². The molecule has 0 amide bonds. The van der Waals surface area contributed by atoms with E-state index in [4.69, 9.17) is 15.5 Å². The largest absolute Gasteiger partial charge is 0.417 e. The van der Waals surface area contributed by atoms with Gasteiger partial charge in [0.2, 0.25) is 5.95 Å². The number of hydrogen-bond donors (Lipinski definition) is 1. The molecule has 156 valence electrons. The molecule has 0 atom stereocenters. The lowest BCUT2D eigenvalue weighted by atomic mass is 10.0. The Morgan fingerprint density at radius 2 is 1.93 bits per heavy atom. The Hall–Kier alpha value is -2.07. The number of hydrogen-bond acceptors (Lipinski definition) is 7. The normalized spacial score (nSPS) is 18.7. The van der Waals surface area contributed by atoms with Crippen LogP contribution < -0.4 is 10.6 Å². The number of ether oxygens (including phenoxy) is 1. The van der Waals surface area contributed by atoms with Gasteiger partial charge in [0.05, 0.1) is 34.9 Å². The van der Waals surface area contributed by atoms with Crippen LogP contribution in [-0.2, 0) is 15.7 Å². The smallest absolute Gasteiger partial charge is 0.384 e. The maximum atomic E-state index is 13.7. The molecule has 0 bridgehead atoms. The summed E-state index contributed by atoms with van der Waals surface area (Å²) in [5.74, 6) is 1.17. The molecule has 2 fully saturated rings. The Morgan fingerprint density at radius 1 is 1.21 bits per heavy atom. The maximum Gasteiger partial charge on any atom is 0.417 e. The van der Waals surface area contributed by atoms with Crippen LogP contribution in [0.1, 0.15) is 31.0 Å². The van der Waals surface area contributed by atoms with Crippen LogP contribution in [0.2, 0.25) is 0 Å². The molecule has 6 nitrogen and oxygen atoms in total. The van der Waals surface area contributed by atoms with E-state index in [-0.39, 0.29) is 21.8 Å². The summed E-state index contributed by atoms with van der Waals surface area (Å²) < 4.78 is 46.3. The molecule has 3 heterocycles. The number of alkyl halides is 3. The van der Waals surface area contributed by atoms with Crippen molar-refractivity contribution in [2.24, 2.45) is 0 Å². The van der Waals surface area contributed by atoms with E-state index < -0.39 is 11.7 Å². The molecule has 1 aliphatic heterocycles. The van der Waals surface area contributed by atoms with Gasteiger partial charge in [-0.3, -0.25) is 0 Å². The van der Waals surface area contributed by atoms with Crippen LogP contribution in [0.5, 0.6) is 0 Å². The predicted molar refractivity (Wildman–Crippen MR) is 107 cm³/mol. The van der Waals surface area contributed by atoms with Gasteiger partial charge in [0, 0.05) is 24.8 Å². The number of rotatable bonds is 5. The lowest BCUT2D eigenvalue weighted by Crippen LogP contribution is -2.37. The molecule has 4 rings (SSSR count). The minimum Gasteiger partial charge on any atom is -0.384 e. The zero-order valence-electron chi connectivity index (χ0n) is 16.0. The molecule has 0 radical (unpaired) electrons. The number of morpholine rings is 1. The third-order valence-corrected chi connectivity index (χ3v) is 6.56. The Morgan fingerprint density at radius 3 is 2.55 bits per heavy atom. The summed E-state index contributed by atoms with van der Waals surface area (Å²) in [6, 6.07) is 2.54. The van der Waals surface area contributed by atoms with Crippen LogP contribution >= 0.6 is 11.8 Å². The monoisotopic (exact) mass is 425 g/mol. The second kappa shape index (κ2) is 7.64. The topological polar surface area (TPSA) is 77.2 Å².